The van der Waals surface area contributed by atoms with Gasteiger partial charge in [-0.3, -0.25) is 9.69 Å². The van der Waals surface area contributed by atoms with Gasteiger partial charge < -0.3 is 10.2 Å². The monoisotopic (exact) mass is 401 g/mol. The second kappa shape index (κ2) is 11.8. The molecular formula is C20H33Cl2N3O. The molecular weight excluding hydrogens is 369 g/mol. The lowest BCUT2D eigenvalue weighted by Crippen LogP contribution is -2.49. The molecule has 1 unspecified atom stereocenters. The Morgan fingerprint density at radius 2 is 1.96 bits per heavy atom. The van der Waals surface area contributed by atoms with Crippen LogP contribution in [0.3, 0.4) is 0 Å². The minimum Gasteiger partial charge on any atom is -0.341 e. The first kappa shape index (κ1) is 23.2. The number of benzene rings is 1. The Balaban J connectivity index is 0.00000169. The van der Waals surface area contributed by atoms with E-state index in [1.807, 2.05) is 0 Å². The number of nitrogens with zero attached hydrogens (tertiary/aromatic N) is 2. The van der Waals surface area contributed by atoms with Crippen LogP contribution in [0.2, 0.25) is 0 Å². The van der Waals surface area contributed by atoms with E-state index in [1.54, 1.807) is 0 Å². The van der Waals surface area contributed by atoms with E-state index in [0.717, 1.165) is 45.7 Å². The van der Waals surface area contributed by atoms with Gasteiger partial charge in [-0.2, -0.15) is 0 Å². The fourth-order valence-electron chi connectivity index (χ4n) is 4.02. The van der Waals surface area contributed by atoms with Crippen LogP contribution in [0.25, 0.3) is 0 Å². The van der Waals surface area contributed by atoms with Crippen molar-refractivity contribution in [2.24, 2.45) is 5.92 Å². The minimum absolute atomic E-state index is 0. The lowest BCUT2D eigenvalue weighted by Gasteiger charge is -2.31. The SMILES string of the molecule is CCN(CC1CCN(Cc2ccccc2)C1)C(=O)[C@H]1CCCCN1.Cl.Cl. The van der Waals surface area contributed by atoms with Crippen LogP contribution in [0.4, 0.5) is 0 Å². The molecule has 2 aliphatic rings. The van der Waals surface area contributed by atoms with E-state index in [0.29, 0.717) is 11.8 Å². The van der Waals surface area contributed by atoms with Crippen molar-refractivity contribution >= 4 is 30.7 Å². The van der Waals surface area contributed by atoms with Gasteiger partial charge in [-0.05, 0) is 50.8 Å². The van der Waals surface area contributed by atoms with Crippen LogP contribution in [-0.2, 0) is 11.3 Å². The van der Waals surface area contributed by atoms with Gasteiger partial charge in [0.25, 0.3) is 0 Å². The van der Waals surface area contributed by atoms with Gasteiger partial charge in [0.05, 0.1) is 6.04 Å². The number of halogens is 2. The van der Waals surface area contributed by atoms with E-state index >= 15 is 0 Å². The second-order valence-corrected chi connectivity index (χ2v) is 7.25. The van der Waals surface area contributed by atoms with E-state index < -0.39 is 0 Å². The third kappa shape index (κ3) is 6.41. The molecule has 0 bridgehead atoms. The quantitative estimate of drug-likeness (QED) is 0.793. The second-order valence-electron chi connectivity index (χ2n) is 7.25. The summed E-state index contributed by atoms with van der Waals surface area (Å²) in [5.74, 6) is 0.930. The standard InChI is InChI=1S/C20H31N3O.2ClH/c1-2-23(20(24)19-10-6-7-12-21-19)16-18-11-13-22(15-18)14-17-8-4-3-5-9-17;;/h3-5,8-9,18-19,21H,2,6-7,10-16H2,1H3;2*1H/t18?,19-;;/m1../s1. The largest absolute Gasteiger partial charge is 0.341 e. The summed E-state index contributed by atoms with van der Waals surface area (Å²) in [6, 6.07) is 10.7. The molecule has 3 rings (SSSR count). The van der Waals surface area contributed by atoms with E-state index in [2.05, 4.69) is 52.4 Å². The Kier molecular flexibility index (Phi) is 10.6. The summed E-state index contributed by atoms with van der Waals surface area (Å²) in [4.78, 5) is 17.3. The van der Waals surface area contributed by atoms with Crippen molar-refractivity contribution in [3.63, 3.8) is 0 Å². The van der Waals surface area contributed by atoms with Crippen LogP contribution in [0.5, 0.6) is 0 Å². The van der Waals surface area contributed by atoms with E-state index in [4.69, 9.17) is 0 Å². The topological polar surface area (TPSA) is 35.6 Å². The smallest absolute Gasteiger partial charge is 0.239 e. The minimum atomic E-state index is 0. The predicted molar refractivity (Wildman–Crippen MR) is 112 cm³/mol. The molecule has 2 saturated heterocycles. The summed E-state index contributed by atoms with van der Waals surface area (Å²) < 4.78 is 0. The Morgan fingerprint density at radius 3 is 2.62 bits per heavy atom. The van der Waals surface area contributed by atoms with Crippen LogP contribution >= 0.6 is 24.8 Å². The van der Waals surface area contributed by atoms with Gasteiger partial charge >= 0.3 is 0 Å². The third-order valence-electron chi connectivity index (χ3n) is 5.40. The molecule has 2 atom stereocenters. The molecule has 6 heteroatoms. The van der Waals surface area contributed by atoms with Crippen molar-refractivity contribution in [1.82, 2.24) is 15.1 Å². The van der Waals surface area contributed by atoms with E-state index in [1.165, 1.54) is 24.8 Å². The zero-order valence-electron chi connectivity index (χ0n) is 15.7. The lowest BCUT2D eigenvalue weighted by molar-refractivity contribution is -0.134. The normalized spacial score (nSPS) is 23.0. The molecule has 148 valence electrons. The molecule has 0 spiro atoms. The highest BCUT2D eigenvalue weighted by atomic mass is 35.5. The Bertz CT molecular complexity index is 523. The number of nitrogens with one attached hydrogen (secondary N) is 1. The number of likely N-dealkylation sites (N-methyl/N-ethyl adjacent to an activating group) is 1. The number of likely N-dealkylation sites (tertiary alicyclic amines) is 1. The molecule has 1 N–H and O–H groups in total. The number of piperidine rings is 1. The van der Waals surface area contributed by atoms with Gasteiger partial charge in [0, 0.05) is 26.2 Å². The predicted octanol–water partition coefficient (Wildman–Crippen LogP) is 3.34. The average molecular weight is 402 g/mol. The third-order valence-corrected chi connectivity index (χ3v) is 5.40. The summed E-state index contributed by atoms with van der Waals surface area (Å²) in [7, 11) is 0. The van der Waals surface area contributed by atoms with Gasteiger partial charge in [0.2, 0.25) is 5.91 Å². The summed E-state index contributed by atoms with van der Waals surface area (Å²) in [5, 5.41) is 3.40. The van der Waals surface area contributed by atoms with Crippen molar-refractivity contribution < 1.29 is 4.79 Å². The zero-order chi connectivity index (χ0) is 16.8. The molecule has 1 aromatic carbocycles. The number of rotatable bonds is 6. The van der Waals surface area contributed by atoms with Crippen LogP contribution in [0, 0.1) is 5.92 Å². The van der Waals surface area contributed by atoms with Gasteiger partial charge in [-0.15, -0.1) is 24.8 Å². The van der Waals surface area contributed by atoms with Crippen molar-refractivity contribution in [2.75, 3.05) is 32.7 Å². The van der Waals surface area contributed by atoms with Gasteiger partial charge in [0.1, 0.15) is 0 Å². The first-order valence-corrected chi connectivity index (χ1v) is 9.54. The summed E-state index contributed by atoms with van der Waals surface area (Å²) >= 11 is 0. The van der Waals surface area contributed by atoms with Crippen LogP contribution in [-0.4, -0.2) is 54.5 Å². The number of hydrogen-bond acceptors (Lipinski definition) is 3. The van der Waals surface area contributed by atoms with Crippen molar-refractivity contribution in [1.29, 1.82) is 0 Å². The first-order valence-electron chi connectivity index (χ1n) is 9.54. The number of hydrogen-bond donors (Lipinski definition) is 1. The van der Waals surface area contributed by atoms with Crippen LogP contribution in [0.15, 0.2) is 30.3 Å². The summed E-state index contributed by atoms with van der Waals surface area (Å²) in [6.45, 7) is 8.12. The Morgan fingerprint density at radius 1 is 1.19 bits per heavy atom. The molecule has 1 aromatic rings. The van der Waals surface area contributed by atoms with Crippen molar-refractivity contribution in [3.8, 4) is 0 Å². The lowest BCUT2D eigenvalue weighted by atomic mass is 10.0. The molecule has 4 nitrogen and oxygen atoms in total. The van der Waals surface area contributed by atoms with Crippen LogP contribution < -0.4 is 5.32 Å². The van der Waals surface area contributed by atoms with Crippen LogP contribution in [0.1, 0.15) is 38.2 Å². The number of carbonyl (C=O) groups excluding carboxylic acids is 1. The number of amides is 1. The highest BCUT2D eigenvalue weighted by Crippen LogP contribution is 2.20. The molecule has 2 fully saturated rings. The molecule has 1 amide bonds. The number of carbonyl (C=O) groups is 1. The van der Waals surface area contributed by atoms with Crippen molar-refractivity contribution in [2.45, 2.75) is 45.2 Å². The molecule has 0 radical (unpaired) electrons. The molecule has 0 saturated carbocycles. The van der Waals surface area contributed by atoms with E-state index in [9.17, 15) is 4.79 Å². The zero-order valence-corrected chi connectivity index (χ0v) is 17.4. The fraction of sp³-hybridized carbons (Fsp3) is 0.650. The summed E-state index contributed by atoms with van der Waals surface area (Å²) in [6.07, 6.45) is 4.58. The molecule has 0 aromatic heterocycles. The summed E-state index contributed by atoms with van der Waals surface area (Å²) in [5.41, 5.74) is 1.38. The molecule has 2 heterocycles. The molecule has 26 heavy (non-hydrogen) atoms. The maximum atomic E-state index is 12.7. The van der Waals surface area contributed by atoms with Gasteiger partial charge in [0.15, 0.2) is 0 Å². The highest BCUT2D eigenvalue weighted by molar-refractivity contribution is 5.85. The molecule has 2 aliphatic heterocycles. The Labute approximate surface area is 170 Å². The maximum Gasteiger partial charge on any atom is 0.239 e. The van der Waals surface area contributed by atoms with Crippen molar-refractivity contribution in [3.05, 3.63) is 35.9 Å². The average Bonchev–Trinajstić information content (AvgIpc) is 3.07. The van der Waals surface area contributed by atoms with E-state index in [-0.39, 0.29) is 30.9 Å². The fourth-order valence-corrected chi connectivity index (χ4v) is 4.02. The first-order chi connectivity index (χ1) is 11.8. The van der Waals surface area contributed by atoms with Gasteiger partial charge in [-0.25, -0.2) is 0 Å². The maximum absolute atomic E-state index is 12.7. The highest BCUT2D eigenvalue weighted by Gasteiger charge is 2.29. The Hall–Kier alpha value is -0.810. The van der Waals surface area contributed by atoms with Gasteiger partial charge in [-0.1, -0.05) is 36.8 Å². The molecule has 0 aliphatic carbocycles.